The van der Waals surface area contributed by atoms with E-state index in [0.29, 0.717) is 12.8 Å². The lowest BCUT2D eigenvalue weighted by Gasteiger charge is -2.62. The Morgan fingerprint density at radius 2 is 1.70 bits per heavy atom. The normalized spacial score (nSPS) is 35.6. The van der Waals surface area contributed by atoms with Crippen molar-refractivity contribution in [3.63, 3.8) is 0 Å². The molecule has 0 unspecified atom stereocenters. The van der Waals surface area contributed by atoms with Crippen molar-refractivity contribution in [1.29, 1.82) is 0 Å². The number of fused-ring (bicyclic) bond motifs is 1. The maximum atomic E-state index is 13.3. The minimum Gasteiger partial charge on any atom is -0.465 e. The number of aromatic nitrogens is 1. The molecule has 2 bridgehead atoms. The predicted octanol–water partition coefficient (Wildman–Crippen LogP) is 3.02. The van der Waals surface area contributed by atoms with Gasteiger partial charge in [0.2, 0.25) is 0 Å². The van der Waals surface area contributed by atoms with Gasteiger partial charge in [0.05, 0.1) is 11.2 Å². The van der Waals surface area contributed by atoms with Gasteiger partial charge in [-0.2, -0.15) is 0 Å². The Kier molecular flexibility index (Phi) is 7.09. The zero-order chi connectivity index (χ0) is 27.2. The lowest BCUT2D eigenvalue weighted by atomic mass is 9.48. The number of esters is 4. The van der Waals surface area contributed by atoms with Crippen molar-refractivity contribution in [1.82, 2.24) is 4.98 Å². The predicted molar refractivity (Wildman–Crippen MR) is 128 cm³/mol. The van der Waals surface area contributed by atoms with Crippen LogP contribution >= 0.6 is 0 Å². The van der Waals surface area contributed by atoms with Crippen molar-refractivity contribution in [2.24, 2.45) is 17.3 Å². The van der Waals surface area contributed by atoms with Crippen LogP contribution in [0.2, 0.25) is 0 Å². The van der Waals surface area contributed by atoms with Gasteiger partial charge in [0.15, 0.2) is 0 Å². The van der Waals surface area contributed by atoms with Gasteiger partial charge >= 0.3 is 23.9 Å². The Morgan fingerprint density at radius 1 is 1.00 bits per heavy atom. The monoisotopic (exact) mass is 517 g/mol. The minimum absolute atomic E-state index is 0.219. The highest BCUT2D eigenvalue weighted by atomic mass is 16.6. The second-order valence-electron chi connectivity index (χ2n) is 10.9. The second-order valence-corrected chi connectivity index (χ2v) is 10.9. The summed E-state index contributed by atoms with van der Waals surface area (Å²) in [7, 11) is 0. The summed E-state index contributed by atoms with van der Waals surface area (Å²) in [6, 6.07) is 3.22. The molecule has 0 aromatic carbocycles. The Morgan fingerprint density at radius 3 is 2.30 bits per heavy atom. The first-order chi connectivity index (χ1) is 17.3. The van der Waals surface area contributed by atoms with E-state index in [2.05, 4.69) is 4.98 Å². The molecule has 1 spiro atoms. The summed E-state index contributed by atoms with van der Waals surface area (Å²) in [6.07, 6.45) is 1.75. The molecule has 7 atom stereocenters. The molecule has 37 heavy (non-hydrogen) atoms. The third-order valence-corrected chi connectivity index (χ3v) is 8.31. The van der Waals surface area contributed by atoms with Crippen molar-refractivity contribution in [2.45, 2.75) is 90.3 Å². The lowest BCUT2D eigenvalue weighted by Crippen LogP contribution is -2.76. The summed E-state index contributed by atoms with van der Waals surface area (Å²) in [5.41, 5.74) is -3.14. The van der Waals surface area contributed by atoms with Gasteiger partial charge in [-0.05, 0) is 51.2 Å². The maximum absolute atomic E-state index is 13.3. The van der Waals surface area contributed by atoms with Crippen LogP contribution in [0.1, 0.15) is 71.2 Å². The van der Waals surface area contributed by atoms with Crippen LogP contribution in [-0.2, 0) is 38.1 Å². The fourth-order valence-corrected chi connectivity index (χ4v) is 6.93. The van der Waals surface area contributed by atoms with Crippen LogP contribution in [0, 0.1) is 17.3 Å². The molecule has 0 N–H and O–H groups in total. The molecule has 2 saturated carbocycles. The number of pyridine rings is 1. The van der Waals surface area contributed by atoms with Crippen molar-refractivity contribution in [3.8, 4) is 0 Å². The Labute approximate surface area is 216 Å². The van der Waals surface area contributed by atoms with Gasteiger partial charge in [-0.25, -0.2) is 4.79 Å². The molecule has 1 saturated heterocycles. The van der Waals surface area contributed by atoms with Crippen LogP contribution in [0.15, 0.2) is 24.5 Å². The highest BCUT2D eigenvalue weighted by Gasteiger charge is 2.81. The Bertz CT molecular complexity index is 1070. The van der Waals surface area contributed by atoms with Gasteiger partial charge in [0, 0.05) is 39.1 Å². The van der Waals surface area contributed by atoms with Crippen molar-refractivity contribution in [3.05, 3.63) is 30.1 Å². The molecule has 1 aromatic rings. The number of ether oxygens (including phenoxy) is 5. The summed E-state index contributed by atoms with van der Waals surface area (Å²) in [6.45, 7) is 9.46. The molecule has 10 heteroatoms. The molecule has 10 nitrogen and oxygen atoms in total. The number of carbonyl (C=O) groups excluding carboxylic acids is 4. The quantitative estimate of drug-likeness (QED) is 0.410. The van der Waals surface area contributed by atoms with Gasteiger partial charge in [-0.15, -0.1) is 0 Å². The molecule has 202 valence electrons. The summed E-state index contributed by atoms with van der Waals surface area (Å²) in [5.74, 6) is -2.73. The number of carbonyl (C=O) groups is 4. The summed E-state index contributed by atoms with van der Waals surface area (Å²) in [5, 5.41) is 0. The third kappa shape index (κ3) is 4.39. The van der Waals surface area contributed by atoms with Crippen LogP contribution in [0.4, 0.5) is 0 Å². The first kappa shape index (κ1) is 27.0. The van der Waals surface area contributed by atoms with E-state index in [1.54, 1.807) is 18.3 Å². The van der Waals surface area contributed by atoms with E-state index in [9.17, 15) is 19.2 Å². The smallest absolute Gasteiger partial charge is 0.340 e. The molecular formula is C27H35NO9. The van der Waals surface area contributed by atoms with E-state index in [0.717, 1.165) is 0 Å². The topological polar surface area (TPSA) is 127 Å². The molecule has 2 aliphatic carbocycles. The van der Waals surface area contributed by atoms with Gasteiger partial charge in [-0.1, -0.05) is 6.92 Å². The first-order valence-corrected chi connectivity index (χ1v) is 12.6. The summed E-state index contributed by atoms with van der Waals surface area (Å²) < 4.78 is 30.6. The standard InChI is InChI=1S/C27H35NO9/c1-15-9-10-21(34-17(3)30)26(14-33-16(2)29)22(36-24(32)19-8-7-11-28-13-19)12-20-23(35-18(4)31)27(15,26)37-25(20,5)6/h7-8,11,13,15,20-23H,9-10,12,14H2,1-6H3/t15-,20+,21+,22-,23-,26-,27+/m1/s1. The molecule has 1 aromatic heterocycles. The third-order valence-electron chi connectivity index (χ3n) is 8.31. The van der Waals surface area contributed by atoms with Crippen LogP contribution in [0.3, 0.4) is 0 Å². The number of nitrogens with zero attached hydrogens (tertiary/aromatic N) is 1. The molecule has 3 aliphatic rings. The molecule has 0 amide bonds. The Hall–Kier alpha value is -3.01. The van der Waals surface area contributed by atoms with E-state index in [1.165, 1.54) is 27.0 Å². The van der Waals surface area contributed by atoms with Gasteiger partial charge in [-0.3, -0.25) is 19.4 Å². The number of rotatable bonds is 6. The van der Waals surface area contributed by atoms with Crippen molar-refractivity contribution >= 4 is 23.9 Å². The van der Waals surface area contributed by atoms with E-state index >= 15 is 0 Å². The summed E-state index contributed by atoms with van der Waals surface area (Å²) >= 11 is 0. The van der Waals surface area contributed by atoms with Crippen LogP contribution in [0.5, 0.6) is 0 Å². The first-order valence-electron chi connectivity index (χ1n) is 12.6. The average molecular weight is 518 g/mol. The van der Waals surface area contributed by atoms with Crippen molar-refractivity contribution in [2.75, 3.05) is 6.61 Å². The molecule has 2 heterocycles. The zero-order valence-electron chi connectivity index (χ0n) is 22.1. The highest BCUT2D eigenvalue weighted by molar-refractivity contribution is 5.89. The summed E-state index contributed by atoms with van der Waals surface area (Å²) in [4.78, 5) is 54.1. The van der Waals surface area contributed by atoms with E-state index in [1.807, 2.05) is 20.8 Å². The van der Waals surface area contributed by atoms with E-state index < -0.39 is 58.8 Å². The SMILES string of the molecule is CC(=O)OC[C@]12[C@@H](OC(C)=O)CC[C@@H](C)[C@@]13OC(C)(C)[C@@H](C[C@H]2OC(=O)c1cccnc1)[C@H]3OC(C)=O. The van der Waals surface area contributed by atoms with Crippen LogP contribution in [-0.4, -0.2) is 65.0 Å². The van der Waals surface area contributed by atoms with E-state index in [-0.39, 0.29) is 30.4 Å². The van der Waals surface area contributed by atoms with Gasteiger partial charge in [0.25, 0.3) is 0 Å². The fraction of sp³-hybridized carbons (Fsp3) is 0.667. The molecular weight excluding hydrogens is 482 g/mol. The minimum atomic E-state index is -1.34. The van der Waals surface area contributed by atoms with Gasteiger partial charge in [0.1, 0.15) is 35.9 Å². The molecule has 0 radical (unpaired) electrons. The van der Waals surface area contributed by atoms with E-state index in [4.69, 9.17) is 23.7 Å². The molecule has 1 aliphatic heterocycles. The average Bonchev–Trinajstić information content (AvgIpc) is 2.97. The second kappa shape index (κ2) is 9.70. The van der Waals surface area contributed by atoms with Crippen molar-refractivity contribution < 1.29 is 42.9 Å². The maximum Gasteiger partial charge on any atom is 0.340 e. The lowest BCUT2D eigenvalue weighted by molar-refractivity contribution is -0.302. The zero-order valence-corrected chi connectivity index (χ0v) is 22.1. The largest absolute Gasteiger partial charge is 0.465 e. The number of hydrogen-bond acceptors (Lipinski definition) is 10. The highest BCUT2D eigenvalue weighted by Crippen LogP contribution is 2.67. The van der Waals surface area contributed by atoms with Crippen LogP contribution in [0.25, 0.3) is 0 Å². The Balaban J connectivity index is 1.93. The molecule has 4 rings (SSSR count). The molecule has 3 fully saturated rings. The van der Waals surface area contributed by atoms with Gasteiger partial charge < -0.3 is 23.7 Å². The van der Waals surface area contributed by atoms with Crippen LogP contribution < -0.4 is 0 Å². The fourth-order valence-electron chi connectivity index (χ4n) is 6.93. The number of hydrogen-bond donors (Lipinski definition) is 0.